The van der Waals surface area contributed by atoms with E-state index in [0.717, 1.165) is 47.9 Å². The fourth-order valence-electron chi connectivity index (χ4n) is 2.10. The maximum absolute atomic E-state index is 6.25. The number of benzene rings is 1. The summed E-state index contributed by atoms with van der Waals surface area (Å²) < 4.78 is 1.99. The SMILES string of the molecule is CCCNCc1cc(-c2ccnn2CC)ccc1Cl. The second-order valence-electron chi connectivity index (χ2n) is 4.52. The fraction of sp³-hybridized carbons (Fsp3) is 0.400. The molecule has 1 aromatic heterocycles. The molecule has 2 rings (SSSR count). The first-order chi connectivity index (χ1) is 9.26. The van der Waals surface area contributed by atoms with Crippen molar-refractivity contribution in [2.24, 2.45) is 0 Å². The van der Waals surface area contributed by atoms with Crippen LogP contribution in [0.5, 0.6) is 0 Å². The minimum atomic E-state index is 0.806. The van der Waals surface area contributed by atoms with Gasteiger partial charge >= 0.3 is 0 Å². The molecule has 3 nitrogen and oxygen atoms in total. The lowest BCUT2D eigenvalue weighted by atomic mass is 10.1. The number of hydrogen-bond donors (Lipinski definition) is 1. The van der Waals surface area contributed by atoms with Gasteiger partial charge in [-0.05, 0) is 43.7 Å². The summed E-state index contributed by atoms with van der Waals surface area (Å²) in [6, 6.07) is 8.20. The average Bonchev–Trinajstić information content (AvgIpc) is 2.89. The summed E-state index contributed by atoms with van der Waals surface area (Å²) in [5.41, 5.74) is 3.43. The Balaban J connectivity index is 2.25. The van der Waals surface area contributed by atoms with Gasteiger partial charge in [-0.15, -0.1) is 0 Å². The van der Waals surface area contributed by atoms with Crippen LogP contribution >= 0.6 is 11.6 Å². The van der Waals surface area contributed by atoms with E-state index in [1.165, 1.54) is 0 Å². The van der Waals surface area contributed by atoms with E-state index in [1.807, 2.05) is 23.0 Å². The van der Waals surface area contributed by atoms with Crippen LogP contribution < -0.4 is 5.32 Å². The second-order valence-corrected chi connectivity index (χ2v) is 4.92. The predicted octanol–water partition coefficient (Wildman–Crippen LogP) is 3.72. The van der Waals surface area contributed by atoms with E-state index >= 15 is 0 Å². The van der Waals surface area contributed by atoms with Gasteiger partial charge in [-0.1, -0.05) is 24.6 Å². The van der Waals surface area contributed by atoms with Crippen LogP contribution in [0.25, 0.3) is 11.3 Å². The van der Waals surface area contributed by atoms with Gasteiger partial charge in [0.2, 0.25) is 0 Å². The monoisotopic (exact) mass is 277 g/mol. The summed E-state index contributed by atoms with van der Waals surface area (Å²) >= 11 is 6.25. The van der Waals surface area contributed by atoms with Crippen LogP contribution in [-0.4, -0.2) is 16.3 Å². The van der Waals surface area contributed by atoms with Gasteiger partial charge in [0.25, 0.3) is 0 Å². The van der Waals surface area contributed by atoms with Gasteiger partial charge in [0.05, 0.1) is 5.69 Å². The largest absolute Gasteiger partial charge is 0.313 e. The normalized spacial score (nSPS) is 10.9. The minimum absolute atomic E-state index is 0.806. The summed E-state index contributed by atoms with van der Waals surface area (Å²) in [6.45, 7) is 6.93. The molecule has 1 aromatic carbocycles. The van der Waals surface area contributed by atoms with Crippen LogP contribution in [0.3, 0.4) is 0 Å². The first kappa shape index (κ1) is 14.1. The van der Waals surface area contributed by atoms with Gasteiger partial charge in [0.15, 0.2) is 0 Å². The average molecular weight is 278 g/mol. The second kappa shape index (κ2) is 6.73. The van der Waals surface area contributed by atoms with Crippen molar-refractivity contribution in [2.45, 2.75) is 33.4 Å². The van der Waals surface area contributed by atoms with Crippen molar-refractivity contribution >= 4 is 11.6 Å². The molecule has 0 aliphatic rings. The van der Waals surface area contributed by atoms with E-state index < -0.39 is 0 Å². The molecular weight excluding hydrogens is 258 g/mol. The molecule has 19 heavy (non-hydrogen) atoms. The topological polar surface area (TPSA) is 29.9 Å². The molecule has 0 amide bonds. The highest BCUT2D eigenvalue weighted by Gasteiger charge is 2.07. The van der Waals surface area contributed by atoms with Gasteiger partial charge in [-0.25, -0.2) is 0 Å². The Morgan fingerprint density at radius 1 is 1.26 bits per heavy atom. The molecule has 0 aliphatic carbocycles. The molecule has 0 saturated heterocycles. The summed E-state index contributed by atoms with van der Waals surface area (Å²) in [5.74, 6) is 0. The molecule has 0 fully saturated rings. The molecule has 0 aliphatic heterocycles. The lowest BCUT2D eigenvalue weighted by molar-refractivity contribution is 0.666. The summed E-state index contributed by atoms with van der Waals surface area (Å²) in [7, 11) is 0. The van der Waals surface area contributed by atoms with Crippen LogP contribution in [0, 0.1) is 0 Å². The van der Waals surface area contributed by atoms with E-state index in [0.29, 0.717) is 0 Å². The quantitative estimate of drug-likeness (QED) is 0.816. The number of hydrogen-bond acceptors (Lipinski definition) is 2. The molecule has 0 saturated carbocycles. The molecule has 0 radical (unpaired) electrons. The van der Waals surface area contributed by atoms with Crippen LogP contribution in [0.15, 0.2) is 30.5 Å². The number of halogens is 1. The van der Waals surface area contributed by atoms with Gasteiger partial charge in [-0.3, -0.25) is 4.68 Å². The lowest BCUT2D eigenvalue weighted by Gasteiger charge is -2.10. The van der Waals surface area contributed by atoms with Crippen LogP contribution in [-0.2, 0) is 13.1 Å². The molecule has 4 heteroatoms. The van der Waals surface area contributed by atoms with Crippen molar-refractivity contribution in [1.82, 2.24) is 15.1 Å². The van der Waals surface area contributed by atoms with Crippen LogP contribution in [0.4, 0.5) is 0 Å². The Labute approximate surface area is 119 Å². The zero-order valence-corrected chi connectivity index (χ0v) is 12.2. The zero-order valence-electron chi connectivity index (χ0n) is 11.5. The van der Waals surface area contributed by atoms with Gasteiger partial charge < -0.3 is 5.32 Å². The number of rotatable bonds is 6. The minimum Gasteiger partial charge on any atom is -0.313 e. The molecule has 0 bridgehead atoms. The van der Waals surface area contributed by atoms with E-state index in [2.05, 4.69) is 36.4 Å². The fourth-order valence-corrected chi connectivity index (χ4v) is 2.28. The zero-order chi connectivity index (χ0) is 13.7. The predicted molar refractivity (Wildman–Crippen MR) is 80.3 cm³/mol. The molecule has 0 atom stereocenters. The van der Waals surface area contributed by atoms with Crippen molar-refractivity contribution in [3.63, 3.8) is 0 Å². The molecule has 1 heterocycles. The molecule has 102 valence electrons. The van der Waals surface area contributed by atoms with Gasteiger partial charge in [0, 0.05) is 29.9 Å². The van der Waals surface area contributed by atoms with Crippen molar-refractivity contribution in [1.29, 1.82) is 0 Å². The van der Waals surface area contributed by atoms with E-state index in [-0.39, 0.29) is 0 Å². The van der Waals surface area contributed by atoms with Crippen molar-refractivity contribution in [2.75, 3.05) is 6.54 Å². The summed E-state index contributed by atoms with van der Waals surface area (Å²) in [5, 5.41) is 8.51. The molecule has 0 spiro atoms. The Bertz CT molecular complexity index is 534. The summed E-state index contributed by atoms with van der Waals surface area (Å²) in [6.07, 6.45) is 2.96. The Hall–Kier alpha value is -1.32. The number of aryl methyl sites for hydroxylation is 1. The standard InChI is InChI=1S/C15H20ClN3/c1-3-8-17-11-13-10-12(5-6-14(13)16)15-7-9-18-19(15)4-2/h5-7,9-10,17H,3-4,8,11H2,1-2H3. The Kier molecular flexibility index (Phi) is 5.00. The first-order valence-electron chi connectivity index (χ1n) is 6.77. The van der Waals surface area contributed by atoms with Gasteiger partial charge in [0.1, 0.15) is 0 Å². The smallest absolute Gasteiger partial charge is 0.0682 e. The maximum atomic E-state index is 6.25. The van der Waals surface area contributed by atoms with Crippen molar-refractivity contribution < 1.29 is 0 Å². The van der Waals surface area contributed by atoms with Crippen molar-refractivity contribution in [3.8, 4) is 11.3 Å². The number of nitrogens with zero attached hydrogens (tertiary/aromatic N) is 2. The first-order valence-corrected chi connectivity index (χ1v) is 7.15. The van der Waals surface area contributed by atoms with E-state index in [4.69, 9.17) is 11.6 Å². The Morgan fingerprint density at radius 3 is 2.84 bits per heavy atom. The molecule has 2 aromatic rings. The highest BCUT2D eigenvalue weighted by molar-refractivity contribution is 6.31. The lowest BCUT2D eigenvalue weighted by Crippen LogP contribution is -2.14. The van der Waals surface area contributed by atoms with Crippen molar-refractivity contribution in [3.05, 3.63) is 41.0 Å². The third-order valence-corrected chi connectivity index (χ3v) is 3.47. The highest BCUT2D eigenvalue weighted by Crippen LogP contribution is 2.25. The highest BCUT2D eigenvalue weighted by atomic mass is 35.5. The Morgan fingerprint density at radius 2 is 2.11 bits per heavy atom. The number of aromatic nitrogens is 2. The molecule has 0 unspecified atom stereocenters. The third kappa shape index (κ3) is 3.37. The maximum Gasteiger partial charge on any atom is 0.0682 e. The van der Waals surface area contributed by atoms with Gasteiger partial charge in [-0.2, -0.15) is 5.10 Å². The molecular formula is C15H20ClN3. The molecule has 1 N–H and O–H groups in total. The van der Waals surface area contributed by atoms with E-state index in [9.17, 15) is 0 Å². The van der Waals surface area contributed by atoms with Crippen LogP contribution in [0.2, 0.25) is 5.02 Å². The van der Waals surface area contributed by atoms with E-state index in [1.54, 1.807) is 0 Å². The number of nitrogens with one attached hydrogen (secondary N) is 1. The summed E-state index contributed by atoms with van der Waals surface area (Å²) in [4.78, 5) is 0. The third-order valence-electron chi connectivity index (χ3n) is 3.10. The van der Waals surface area contributed by atoms with Crippen LogP contribution in [0.1, 0.15) is 25.8 Å².